The van der Waals surface area contributed by atoms with Gasteiger partial charge in [-0.3, -0.25) is 4.79 Å². The first-order chi connectivity index (χ1) is 9.78. The summed E-state index contributed by atoms with van der Waals surface area (Å²) >= 11 is 0. The Kier molecular flexibility index (Phi) is 5.02. The number of rotatable bonds is 5. The zero-order valence-corrected chi connectivity index (χ0v) is 14.5. The van der Waals surface area contributed by atoms with E-state index in [4.69, 9.17) is 9.47 Å². The summed E-state index contributed by atoms with van der Waals surface area (Å²) in [4.78, 5) is 12.5. The van der Waals surface area contributed by atoms with Gasteiger partial charge in [0.05, 0.1) is 12.0 Å². The SMILES string of the molecule is CCOC1C(C(=O)OC2CC(C)CCC2C(C)C)C1(C)C. The number of hydrogen-bond acceptors (Lipinski definition) is 3. The van der Waals surface area contributed by atoms with E-state index in [0.717, 1.165) is 6.42 Å². The lowest BCUT2D eigenvalue weighted by molar-refractivity contribution is -0.159. The van der Waals surface area contributed by atoms with E-state index in [-0.39, 0.29) is 29.5 Å². The predicted molar refractivity (Wildman–Crippen MR) is 83.9 cm³/mol. The third-order valence-electron chi connectivity index (χ3n) is 5.56. The van der Waals surface area contributed by atoms with Crippen LogP contribution in [0.5, 0.6) is 0 Å². The van der Waals surface area contributed by atoms with Gasteiger partial charge in [-0.05, 0) is 37.5 Å². The minimum Gasteiger partial charge on any atom is -0.462 e. The summed E-state index contributed by atoms with van der Waals surface area (Å²) in [5, 5.41) is 0. The van der Waals surface area contributed by atoms with Crippen LogP contribution in [-0.4, -0.2) is 24.8 Å². The Labute approximate surface area is 129 Å². The highest BCUT2D eigenvalue weighted by Gasteiger charge is 2.64. The van der Waals surface area contributed by atoms with Crippen LogP contribution in [0.25, 0.3) is 0 Å². The van der Waals surface area contributed by atoms with Gasteiger partial charge in [-0.15, -0.1) is 0 Å². The first-order valence-corrected chi connectivity index (χ1v) is 8.61. The molecule has 5 atom stereocenters. The van der Waals surface area contributed by atoms with Crippen molar-refractivity contribution in [3.05, 3.63) is 0 Å². The van der Waals surface area contributed by atoms with Crippen LogP contribution in [0.2, 0.25) is 0 Å². The van der Waals surface area contributed by atoms with Crippen molar-refractivity contribution in [3.8, 4) is 0 Å². The lowest BCUT2D eigenvalue weighted by atomic mass is 9.75. The van der Waals surface area contributed by atoms with Crippen LogP contribution in [0.3, 0.4) is 0 Å². The van der Waals surface area contributed by atoms with Gasteiger partial charge in [0, 0.05) is 12.0 Å². The maximum atomic E-state index is 12.5. The Morgan fingerprint density at radius 3 is 2.52 bits per heavy atom. The van der Waals surface area contributed by atoms with Crippen LogP contribution in [-0.2, 0) is 14.3 Å². The van der Waals surface area contributed by atoms with Crippen molar-refractivity contribution in [3.63, 3.8) is 0 Å². The van der Waals surface area contributed by atoms with Gasteiger partial charge in [0.25, 0.3) is 0 Å². The first-order valence-electron chi connectivity index (χ1n) is 8.61. The lowest BCUT2D eigenvalue weighted by Gasteiger charge is -2.36. The fourth-order valence-electron chi connectivity index (χ4n) is 3.98. The highest BCUT2D eigenvalue weighted by atomic mass is 16.6. The molecule has 0 heterocycles. The van der Waals surface area contributed by atoms with E-state index in [9.17, 15) is 4.79 Å². The molecule has 3 heteroatoms. The summed E-state index contributed by atoms with van der Waals surface area (Å²) in [7, 11) is 0. The highest BCUT2D eigenvalue weighted by molar-refractivity contribution is 5.78. The van der Waals surface area contributed by atoms with Crippen molar-refractivity contribution in [2.24, 2.45) is 29.1 Å². The number of carbonyl (C=O) groups excluding carboxylic acids is 1. The second kappa shape index (κ2) is 6.28. The van der Waals surface area contributed by atoms with Crippen molar-refractivity contribution in [1.29, 1.82) is 0 Å². The van der Waals surface area contributed by atoms with Gasteiger partial charge in [0.15, 0.2) is 0 Å². The summed E-state index contributed by atoms with van der Waals surface area (Å²) in [6.45, 7) is 13.6. The molecule has 0 aromatic heterocycles. The summed E-state index contributed by atoms with van der Waals surface area (Å²) in [5.41, 5.74) is -0.0687. The summed E-state index contributed by atoms with van der Waals surface area (Å²) in [5.74, 6) is 1.63. The van der Waals surface area contributed by atoms with Crippen molar-refractivity contribution in [1.82, 2.24) is 0 Å². The van der Waals surface area contributed by atoms with E-state index in [2.05, 4.69) is 34.6 Å². The van der Waals surface area contributed by atoms with E-state index in [0.29, 0.717) is 24.4 Å². The van der Waals surface area contributed by atoms with Gasteiger partial charge in [0.2, 0.25) is 0 Å². The first kappa shape index (κ1) is 16.8. The van der Waals surface area contributed by atoms with Gasteiger partial charge >= 0.3 is 5.97 Å². The van der Waals surface area contributed by atoms with E-state index < -0.39 is 0 Å². The van der Waals surface area contributed by atoms with E-state index in [1.54, 1.807) is 0 Å². The average Bonchev–Trinajstić information content (AvgIpc) is 2.91. The predicted octanol–water partition coefficient (Wildman–Crippen LogP) is 4.05. The summed E-state index contributed by atoms with van der Waals surface area (Å²) in [6.07, 6.45) is 3.59. The third-order valence-corrected chi connectivity index (χ3v) is 5.56. The van der Waals surface area contributed by atoms with Crippen LogP contribution in [0.4, 0.5) is 0 Å². The number of hydrogen-bond donors (Lipinski definition) is 0. The molecule has 0 aromatic rings. The molecule has 2 fully saturated rings. The smallest absolute Gasteiger partial charge is 0.312 e. The Morgan fingerprint density at radius 1 is 1.29 bits per heavy atom. The number of esters is 1. The molecule has 3 nitrogen and oxygen atoms in total. The molecule has 2 aliphatic carbocycles. The van der Waals surface area contributed by atoms with Gasteiger partial charge in [-0.25, -0.2) is 0 Å². The minimum absolute atomic E-state index is 0.0357. The Hall–Kier alpha value is -0.570. The molecule has 0 bridgehead atoms. The van der Waals surface area contributed by atoms with E-state index in [1.807, 2.05) is 6.92 Å². The average molecular weight is 296 g/mol. The zero-order chi connectivity index (χ0) is 15.8. The van der Waals surface area contributed by atoms with Crippen LogP contribution in [0, 0.1) is 29.1 Å². The Balaban J connectivity index is 1.97. The molecule has 2 rings (SSSR count). The monoisotopic (exact) mass is 296 g/mol. The van der Waals surface area contributed by atoms with Crippen molar-refractivity contribution >= 4 is 5.97 Å². The van der Waals surface area contributed by atoms with Crippen molar-refractivity contribution in [2.45, 2.75) is 73.0 Å². The molecule has 2 aliphatic rings. The molecule has 5 unspecified atom stereocenters. The maximum absolute atomic E-state index is 12.5. The maximum Gasteiger partial charge on any atom is 0.312 e. The zero-order valence-electron chi connectivity index (χ0n) is 14.5. The number of ether oxygens (including phenoxy) is 2. The molecule has 0 spiro atoms. The topological polar surface area (TPSA) is 35.5 Å². The molecule has 0 amide bonds. The van der Waals surface area contributed by atoms with Crippen molar-refractivity contribution in [2.75, 3.05) is 6.61 Å². The standard InChI is InChI=1S/C18H32O3/c1-7-20-16-15(18(16,5)6)17(19)21-14-10-12(4)8-9-13(14)11(2)3/h11-16H,7-10H2,1-6H3. The van der Waals surface area contributed by atoms with Gasteiger partial charge in [0.1, 0.15) is 6.10 Å². The largest absolute Gasteiger partial charge is 0.462 e. The van der Waals surface area contributed by atoms with E-state index in [1.165, 1.54) is 12.8 Å². The molecule has 2 saturated carbocycles. The lowest BCUT2D eigenvalue weighted by Crippen LogP contribution is -2.36. The minimum atomic E-state index is -0.0810. The van der Waals surface area contributed by atoms with Crippen LogP contribution in [0.15, 0.2) is 0 Å². The summed E-state index contributed by atoms with van der Waals surface area (Å²) in [6, 6.07) is 0. The highest BCUT2D eigenvalue weighted by Crippen LogP contribution is 2.55. The normalized spacial score (nSPS) is 38.3. The quantitative estimate of drug-likeness (QED) is 0.718. The Bertz CT molecular complexity index is 375. The molecule has 0 saturated heterocycles. The molecule has 122 valence electrons. The molecule has 21 heavy (non-hydrogen) atoms. The molecular formula is C18H32O3. The van der Waals surface area contributed by atoms with Gasteiger partial charge in [-0.1, -0.05) is 41.0 Å². The van der Waals surface area contributed by atoms with Crippen LogP contribution < -0.4 is 0 Å². The molecule has 0 radical (unpaired) electrons. The summed E-state index contributed by atoms with van der Waals surface area (Å²) < 4.78 is 11.6. The van der Waals surface area contributed by atoms with E-state index >= 15 is 0 Å². The van der Waals surface area contributed by atoms with Crippen molar-refractivity contribution < 1.29 is 14.3 Å². The molecule has 0 aromatic carbocycles. The molecule has 0 aliphatic heterocycles. The molecular weight excluding hydrogens is 264 g/mol. The van der Waals surface area contributed by atoms with Crippen LogP contribution in [0.1, 0.15) is 60.8 Å². The van der Waals surface area contributed by atoms with Gasteiger partial charge in [-0.2, -0.15) is 0 Å². The van der Waals surface area contributed by atoms with Gasteiger partial charge < -0.3 is 9.47 Å². The fraction of sp³-hybridized carbons (Fsp3) is 0.944. The fourth-order valence-corrected chi connectivity index (χ4v) is 3.98. The molecule has 0 N–H and O–H groups in total. The Morgan fingerprint density at radius 2 is 1.95 bits per heavy atom. The third kappa shape index (κ3) is 3.44. The second-order valence-electron chi connectivity index (χ2n) is 7.98. The number of carbonyl (C=O) groups is 1. The second-order valence-corrected chi connectivity index (χ2v) is 7.98. The van der Waals surface area contributed by atoms with Crippen LogP contribution >= 0.6 is 0 Å².